The van der Waals surface area contributed by atoms with Crippen molar-refractivity contribution in [2.75, 3.05) is 26.7 Å². The van der Waals surface area contributed by atoms with Crippen LogP contribution in [0.1, 0.15) is 24.0 Å². The molecule has 0 saturated carbocycles. The lowest BCUT2D eigenvalue weighted by atomic mass is 10.1. The topological polar surface area (TPSA) is 74.6 Å². The largest absolute Gasteiger partial charge is 0.487 e. The minimum atomic E-state index is -0.706. The van der Waals surface area contributed by atoms with Gasteiger partial charge < -0.3 is 14.8 Å². The van der Waals surface area contributed by atoms with Crippen LogP contribution >= 0.6 is 0 Å². The van der Waals surface area contributed by atoms with Crippen molar-refractivity contribution in [3.05, 3.63) is 71.3 Å². The monoisotopic (exact) mass is 441 g/mol. The molecule has 0 aromatic heterocycles. The maximum atomic E-state index is 13.8. The Kier molecular flexibility index (Phi) is 8.31. The number of nitrogens with zero attached hydrogens (tertiary/aromatic N) is 2. The summed E-state index contributed by atoms with van der Waals surface area (Å²) in [6.07, 6.45) is 3.74. The highest BCUT2D eigenvalue weighted by Crippen LogP contribution is 2.23. The van der Waals surface area contributed by atoms with E-state index in [0.29, 0.717) is 38.0 Å². The number of methoxy groups -OCH3 is 1. The molecule has 0 aliphatic carbocycles. The van der Waals surface area contributed by atoms with Gasteiger partial charge in [-0.05, 0) is 48.7 Å². The normalized spacial score (nSPS) is 15.9. The Labute approximate surface area is 186 Å². The van der Waals surface area contributed by atoms with Gasteiger partial charge in [-0.2, -0.15) is 5.26 Å². The summed E-state index contributed by atoms with van der Waals surface area (Å²) < 4.78 is 37.9. The van der Waals surface area contributed by atoms with Gasteiger partial charge in [-0.1, -0.05) is 12.1 Å². The molecule has 1 atom stereocenters. The zero-order chi connectivity index (χ0) is 22.9. The minimum absolute atomic E-state index is 0.0546. The number of nitriles is 1. The molecule has 1 N–H and O–H groups in total. The van der Waals surface area contributed by atoms with E-state index >= 15 is 0 Å². The fourth-order valence-electron chi connectivity index (χ4n) is 3.46. The van der Waals surface area contributed by atoms with Crippen LogP contribution in [0.2, 0.25) is 0 Å². The van der Waals surface area contributed by atoms with E-state index in [4.69, 9.17) is 14.7 Å². The fourth-order valence-corrected chi connectivity index (χ4v) is 3.46. The summed E-state index contributed by atoms with van der Waals surface area (Å²) in [6, 6.07) is 12.3. The molecule has 2 aromatic carbocycles. The number of ether oxygens (including phenoxy) is 2. The van der Waals surface area contributed by atoms with E-state index in [-0.39, 0.29) is 17.8 Å². The molecule has 3 rings (SSSR count). The van der Waals surface area contributed by atoms with Gasteiger partial charge in [-0.25, -0.2) is 8.78 Å². The molecule has 1 amide bonds. The Balaban J connectivity index is 1.45. The van der Waals surface area contributed by atoms with Gasteiger partial charge in [0.05, 0.1) is 11.6 Å². The molecule has 1 unspecified atom stereocenters. The Morgan fingerprint density at radius 2 is 2.06 bits per heavy atom. The molecule has 6 nitrogen and oxygen atoms in total. The summed E-state index contributed by atoms with van der Waals surface area (Å²) in [5, 5.41) is 11.8. The molecule has 0 spiro atoms. The second-order valence-corrected chi connectivity index (χ2v) is 7.50. The molecule has 1 aliphatic heterocycles. The SMILES string of the molecule is COC(CN1CCC(Oc2ccc(F)cc2F)CC1)NC(=O)/C=C/c1cccc(C#N)c1. The first-order valence-electron chi connectivity index (χ1n) is 10.3. The van der Waals surface area contributed by atoms with Gasteiger partial charge in [0.2, 0.25) is 5.91 Å². The maximum absolute atomic E-state index is 13.8. The van der Waals surface area contributed by atoms with Crippen molar-refractivity contribution in [1.82, 2.24) is 10.2 Å². The highest BCUT2D eigenvalue weighted by molar-refractivity contribution is 5.91. The number of carbonyl (C=O) groups is 1. The number of rotatable bonds is 8. The first kappa shape index (κ1) is 23.4. The highest BCUT2D eigenvalue weighted by atomic mass is 19.1. The molecule has 8 heteroatoms. The molecule has 1 aliphatic rings. The predicted octanol–water partition coefficient (Wildman–Crippen LogP) is 3.48. The number of hydrogen-bond donors (Lipinski definition) is 1. The van der Waals surface area contributed by atoms with Gasteiger partial charge in [0.15, 0.2) is 11.6 Å². The van der Waals surface area contributed by atoms with Crippen LogP contribution in [0.4, 0.5) is 8.78 Å². The van der Waals surface area contributed by atoms with Crippen molar-refractivity contribution >= 4 is 12.0 Å². The van der Waals surface area contributed by atoms with Crippen LogP contribution in [-0.2, 0) is 9.53 Å². The number of benzene rings is 2. The van der Waals surface area contributed by atoms with Crippen molar-refractivity contribution < 1.29 is 23.0 Å². The van der Waals surface area contributed by atoms with Gasteiger partial charge in [0.25, 0.3) is 0 Å². The molecule has 0 radical (unpaired) electrons. The number of nitrogens with one attached hydrogen (secondary N) is 1. The summed E-state index contributed by atoms with van der Waals surface area (Å²) in [5.41, 5.74) is 1.28. The second kappa shape index (κ2) is 11.4. The van der Waals surface area contributed by atoms with Crippen molar-refractivity contribution in [2.24, 2.45) is 0 Å². The van der Waals surface area contributed by atoms with Crippen LogP contribution in [0, 0.1) is 23.0 Å². The smallest absolute Gasteiger partial charge is 0.246 e. The lowest BCUT2D eigenvalue weighted by Crippen LogP contribution is -2.48. The number of amides is 1. The quantitative estimate of drug-likeness (QED) is 0.502. The first-order valence-corrected chi connectivity index (χ1v) is 10.3. The van der Waals surface area contributed by atoms with Crippen molar-refractivity contribution in [3.8, 4) is 11.8 Å². The van der Waals surface area contributed by atoms with Gasteiger partial charge in [0.1, 0.15) is 18.1 Å². The summed E-state index contributed by atoms with van der Waals surface area (Å²) in [4.78, 5) is 14.4. The lowest BCUT2D eigenvalue weighted by molar-refractivity contribution is -0.120. The molecule has 0 bridgehead atoms. The number of piperidine rings is 1. The van der Waals surface area contributed by atoms with Crippen LogP contribution in [0.25, 0.3) is 6.08 Å². The third-order valence-electron chi connectivity index (χ3n) is 5.18. The first-order chi connectivity index (χ1) is 15.5. The van der Waals surface area contributed by atoms with E-state index in [1.54, 1.807) is 24.3 Å². The van der Waals surface area contributed by atoms with Gasteiger partial charge >= 0.3 is 0 Å². The van der Waals surface area contributed by atoms with Crippen LogP contribution in [0.5, 0.6) is 5.75 Å². The maximum Gasteiger partial charge on any atom is 0.246 e. The number of hydrogen-bond acceptors (Lipinski definition) is 5. The van der Waals surface area contributed by atoms with E-state index in [1.807, 2.05) is 6.07 Å². The van der Waals surface area contributed by atoms with E-state index in [2.05, 4.69) is 16.3 Å². The summed E-state index contributed by atoms with van der Waals surface area (Å²) in [5.74, 6) is -1.59. The van der Waals surface area contributed by atoms with E-state index in [0.717, 1.165) is 11.6 Å². The van der Waals surface area contributed by atoms with E-state index in [9.17, 15) is 13.6 Å². The summed E-state index contributed by atoms with van der Waals surface area (Å²) >= 11 is 0. The predicted molar refractivity (Wildman–Crippen MR) is 116 cm³/mol. The standard InChI is InChI=1S/C24H25F2N3O3/c1-31-24(28-23(30)8-5-17-3-2-4-18(13-17)15-27)16-29-11-9-20(10-12-29)32-22-7-6-19(25)14-21(22)26/h2-8,13-14,20,24H,9-12,16H2,1H3,(H,28,30)/b8-5+. The third-order valence-corrected chi connectivity index (χ3v) is 5.18. The molecular weight excluding hydrogens is 416 g/mol. The number of halogens is 2. The van der Waals surface area contributed by atoms with Crippen molar-refractivity contribution in [1.29, 1.82) is 5.26 Å². The van der Waals surface area contributed by atoms with Crippen molar-refractivity contribution in [3.63, 3.8) is 0 Å². The molecule has 168 valence electrons. The Hall–Kier alpha value is -3.28. The van der Waals surface area contributed by atoms with Gasteiger partial charge in [-0.3, -0.25) is 9.69 Å². The van der Waals surface area contributed by atoms with Gasteiger partial charge in [-0.15, -0.1) is 0 Å². The molecule has 32 heavy (non-hydrogen) atoms. The zero-order valence-electron chi connectivity index (χ0n) is 17.8. The zero-order valence-corrected chi connectivity index (χ0v) is 17.8. The Bertz CT molecular complexity index is 998. The lowest BCUT2D eigenvalue weighted by Gasteiger charge is -2.34. The molecular formula is C24H25F2N3O3. The Morgan fingerprint density at radius 3 is 2.75 bits per heavy atom. The molecule has 1 fully saturated rings. The molecule has 1 saturated heterocycles. The van der Waals surface area contributed by atoms with Crippen LogP contribution in [0.3, 0.4) is 0 Å². The van der Waals surface area contributed by atoms with Crippen LogP contribution < -0.4 is 10.1 Å². The molecule has 1 heterocycles. The summed E-state index contributed by atoms with van der Waals surface area (Å²) in [7, 11) is 1.53. The van der Waals surface area contributed by atoms with Crippen molar-refractivity contribution in [2.45, 2.75) is 25.2 Å². The van der Waals surface area contributed by atoms with E-state index < -0.39 is 17.9 Å². The molecule has 2 aromatic rings. The fraction of sp³-hybridized carbons (Fsp3) is 0.333. The average molecular weight is 441 g/mol. The van der Waals surface area contributed by atoms with Crippen LogP contribution in [-0.4, -0.2) is 49.9 Å². The Morgan fingerprint density at radius 1 is 1.28 bits per heavy atom. The van der Waals surface area contributed by atoms with Crippen LogP contribution in [0.15, 0.2) is 48.5 Å². The highest BCUT2D eigenvalue weighted by Gasteiger charge is 2.24. The number of carbonyl (C=O) groups excluding carboxylic acids is 1. The van der Waals surface area contributed by atoms with E-state index in [1.165, 1.54) is 25.3 Å². The second-order valence-electron chi connectivity index (χ2n) is 7.50. The van der Waals surface area contributed by atoms with Gasteiger partial charge in [0, 0.05) is 38.9 Å². The number of likely N-dealkylation sites (tertiary alicyclic amines) is 1. The summed E-state index contributed by atoms with van der Waals surface area (Å²) in [6.45, 7) is 1.89. The average Bonchev–Trinajstić information content (AvgIpc) is 2.80. The minimum Gasteiger partial charge on any atom is -0.487 e. The third kappa shape index (κ3) is 6.87.